The summed E-state index contributed by atoms with van der Waals surface area (Å²) in [5.41, 5.74) is 4.71. The third-order valence-electron chi connectivity index (χ3n) is 0. The van der Waals surface area contributed by atoms with Crippen LogP contribution in [0.4, 0.5) is 0 Å². The molecule has 0 heterocycles. The van der Waals surface area contributed by atoms with Gasteiger partial charge in [0, 0.05) is 0 Å². The molecule has 5 heavy (non-hydrogen) atoms. The Kier molecular flexibility index (Phi) is 10.7. The first-order chi connectivity index (χ1) is 1.73. The molecule has 0 aromatic rings. The van der Waals surface area contributed by atoms with Crippen LogP contribution < -0.4 is 5.73 Å². The Morgan fingerprint density at radius 1 is 1.80 bits per heavy atom. The zero-order chi connectivity index (χ0) is 3.58. The summed E-state index contributed by atoms with van der Waals surface area (Å²) in [6, 6.07) is 0. The van der Waals surface area contributed by atoms with Crippen molar-refractivity contribution in [2.24, 2.45) is 5.73 Å². The van der Waals surface area contributed by atoms with Crippen LogP contribution >= 0.6 is 24.8 Å². The molecule has 1 nitrogen and oxygen atoms in total. The van der Waals surface area contributed by atoms with Gasteiger partial charge in [0.15, 0.2) is 0 Å². The predicted molar refractivity (Wildman–Crippen MR) is 34.3 cm³/mol. The number of hydrogen-bond acceptors (Lipinski definition) is 1. The van der Waals surface area contributed by atoms with Gasteiger partial charge in [0.25, 0.3) is 0 Å². The number of thiocarbonyl (C=S) groups is 1. The second-order valence-electron chi connectivity index (χ2n) is 0.338. The molecule has 0 aliphatic rings. The van der Waals surface area contributed by atoms with Crippen molar-refractivity contribution >= 4 is 66.9 Å². The molecule has 2 N–H and O–H groups in total. The molecule has 4 heteroatoms. The van der Waals surface area contributed by atoms with Crippen LogP contribution in [-0.2, 0) is 0 Å². The molecule has 0 aliphatic carbocycles. The molecule has 0 bridgehead atoms. The summed E-state index contributed by atoms with van der Waals surface area (Å²) in [5.74, 6) is 0. The number of thiol groups is 1. The summed E-state index contributed by atoms with van der Waals surface area (Å²) in [5, 5.41) is 0. The maximum atomic E-state index is 4.71. The van der Waals surface area contributed by atoms with Crippen molar-refractivity contribution in [3.63, 3.8) is 0 Å². The second kappa shape index (κ2) is 5.50. The van der Waals surface area contributed by atoms with E-state index in [2.05, 4.69) is 24.8 Å². The van der Waals surface area contributed by atoms with E-state index in [0.717, 1.165) is 0 Å². The fourth-order valence-corrected chi connectivity index (χ4v) is 0. The van der Waals surface area contributed by atoms with Gasteiger partial charge in [-0.05, 0) is 0 Å². The third-order valence-corrected chi connectivity index (χ3v) is 0. The van der Waals surface area contributed by atoms with Gasteiger partial charge in [-0.2, -0.15) is 0 Å². The first-order valence-electron chi connectivity index (χ1n) is 0.716. The summed E-state index contributed by atoms with van der Waals surface area (Å²) < 4.78 is 0.194. The SMILES string of the molecule is NC(=S)S.[CaH2]. The standard InChI is InChI=1S/CH3NS2.Ca.2H/c2-1(3)4;;;/h(H3,2,3,4);;;. The van der Waals surface area contributed by atoms with Gasteiger partial charge < -0.3 is 5.73 Å². The average molecular weight is 135 g/mol. The molecule has 0 aromatic carbocycles. The quantitative estimate of drug-likeness (QED) is 0.259. The van der Waals surface area contributed by atoms with E-state index in [1.165, 1.54) is 0 Å². The molecule has 28 valence electrons. The monoisotopic (exact) mass is 135 g/mol. The van der Waals surface area contributed by atoms with Crippen LogP contribution in [0.25, 0.3) is 0 Å². The van der Waals surface area contributed by atoms with E-state index in [4.69, 9.17) is 5.73 Å². The van der Waals surface area contributed by atoms with Crippen molar-refractivity contribution < 1.29 is 0 Å². The molecular formula is CH5CaNS2. The van der Waals surface area contributed by atoms with Crippen LogP contribution in [-0.4, -0.2) is 42.1 Å². The second-order valence-corrected chi connectivity index (χ2v) is 1.56. The number of nitrogens with two attached hydrogens (primary N) is 1. The fourth-order valence-electron chi connectivity index (χ4n) is 0. The van der Waals surface area contributed by atoms with Crippen molar-refractivity contribution in [2.45, 2.75) is 0 Å². The molecule has 0 spiro atoms. The minimum atomic E-state index is 0. The van der Waals surface area contributed by atoms with E-state index in [1.807, 2.05) is 0 Å². The van der Waals surface area contributed by atoms with Gasteiger partial charge in [-0.25, -0.2) is 0 Å². The van der Waals surface area contributed by atoms with E-state index < -0.39 is 0 Å². The Morgan fingerprint density at radius 3 is 1.80 bits per heavy atom. The molecule has 0 aliphatic heterocycles. The first-order valence-corrected chi connectivity index (χ1v) is 1.57. The van der Waals surface area contributed by atoms with Gasteiger partial charge in [-0.15, -0.1) is 12.6 Å². The summed E-state index contributed by atoms with van der Waals surface area (Å²) in [6.07, 6.45) is 0. The molecular weight excluding hydrogens is 130 g/mol. The van der Waals surface area contributed by atoms with Gasteiger partial charge in [0.2, 0.25) is 0 Å². The number of hydrogen-bond donors (Lipinski definition) is 2. The first kappa shape index (κ1) is 9.71. The summed E-state index contributed by atoms with van der Waals surface area (Å²) in [6.45, 7) is 0. The van der Waals surface area contributed by atoms with E-state index >= 15 is 0 Å². The zero-order valence-corrected chi connectivity index (χ0v) is 3.64. The number of rotatable bonds is 0. The van der Waals surface area contributed by atoms with E-state index in [9.17, 15) is 0 Å². The van der Waals surface area contributed by atoms with Crippen molar-refractivity contribution in [1.82, 2.24) is 0 Å². The predicted octanol–water partition coefficient (Wildman–Crippen LogP) is -0.756. The van der Waals surface area contributed by atoms with Crippen LogP contribution in [0.2, 0.25) is 0 Å². The molecule has 0 atom stereocenters. The van der Waals surface area contributed by atoms with E-state index in [1.54, 1.807) is 0 Å². The molecule has 0 aromatic heterocycles. The van der Waals surface area contributed by atoms with Crippen molar-refractivity contribution in [2.75, 3.05) is 0 Å². The summed E-state index contributed by atoms with van der Waals surface area (Å²) in [7, 11) is 0. The van der Waals surface area contributed by atoms with Crippen LogP contribution in [0.3, 0.4) is 0 Å². The summed E-state index contributed by atoms with van der Waals surface area (Å²) in [4.78, 5) is 0. The van der Waals surface area contributed by atoms with Crippen molar-refractivity contribution in [1.29, 1.82) is 0 Å². The molecule has 0 saturated carbocycles. The normalized spacial score (nSPS) is 5.00. The average Bonchev–Trinajstić information content (AvgIpc) is 0.811. The topological polar surface area (TPSA) is 26.0 Å². The maximum absolute atomic E-state index is 4.71. The van der Waals surface area contributed by atoms with E-state index in [0.29, 0.717) is 0 Å². The van der Waals surface area contributed by atoms with Crippen molar-refractivity contribution in [3.05, 3.63) is 0 Å². The molecule has 0 fully saturated rings. The molecule has 0 unspecified atom stereocenters. The Morgan fingerprint density at radius 2 is 1.80 bits per heavy atom. The van der Waals surface area contributed by atoms with Gasteiger partial charge in [0.05, 0.1) is 0 Å². The Balaban J connectivity index is 0. The van der Waals surface area contributed by atoms with Crippen LogP contribution in [0.15, 0.2) is 0 Å². The minimum absolute atomic E-state index is 0. The van der Waals surface area contributed by atoms with Crippen LogP contribution in [0.1, 0.15) is 0 Å². The molecule has 0 saturated heterocycles. The molecule has 0 rings (SSSR count). The van der Waals surface area contributed by atoms with Gasteiger partial charge in [-0.1, -0.05) is 12.2 Å². The fraction of sp³-hybridized carbons (Fsp3) is 0. The molecule has 0 radical (unpaired) electrons. The Hall–Kier alpha value is 1.50. The van der Waals surface area contributed by atoms with Crippen LogP contribution in [0.5, 0.6) is 0 Å². The zero-order valence-electron chi connectivity index (χ0n) is 1.93. The van der Waals surface area contributed by atoms with Gasteiger partial charge >= 0.3 is 37.7 Å². The Bertz CT molecular complexity index is 32.6. The third kappa shape index (κ3) is 29.9. The van der Waals surface area contributed by atoms with Gasteiger partial charge in [-0.3, -0.25) is 0 Å². The summed E-state index contributed by atoms with van der Waals surface area (Å²) >= 11 is 7.65. The Labute approximate surface area is 71.7 Å². The van der Waals surface area contributed by atoms with E-state index in [-0.39, 0.29) is 42.1 Å². The van der Waals surface area contributed by atoms with Crippen molar-refractivity contribution in [3.8, 4) is 0 Å². The van der Waals surface area contributed by atoms with Gasteiger partial charge in [0.1, 0.15) is 4.32 Å². The van der Waals surface area contributed by atoms with Crippen LogP contribution in [0, 0.1) is 0 Å². The molecule has 0 amide bonds.